The van der Waals surface area contributed by atoms with Crippen molar-refractivity contribution in [1.29, 1.82) is 0 Å². The summed E-state index contributed by atoms with van der Waals surface area (Å²) in [7, 11) is 0. The molecule has 2 aromatic carbocycles. The van der Waals surface area contributed by atoms with Gasteiger partial charge in [-0.15, -0.1) is 0 Å². The number of ether oxygens (including phenoxy) is 1. The Balaban J connectivity index is 1.77. The van der Waals surface area contributed by atoms with E-state index in [-0.39, 0.29) is 0 Å². The summed E-state index contributed by atoms with van der Waals surface area (Å²) in [6, 6.07) is 16.8. The molecule has 0 aliphatic heterocycles. The van der Waals surface area contributed by atoms with Crippen LogP contribution in [0, 0.1) is 0 Å². The highest BCUT2D eigenvalue weighted by Gasteiger charge is 2.13. The van der Waals surface area contributed by atoms with Crippen LogP contribution < -0.4 is 4.74 Å². The molecule has 0 aromatic heterocycles. The van der Waals surface area contributed by atoms with E-state index in [9.17, 15) is 0 Å². The second-order valence-electron chi connectivity index (χ2n) is 4.88. The average molecular weight is 238 g/mol. The first-order valence-electron chi connectivity index (χ1n) is 6.71. The summed E-state index contributed by atoms with van der Waals surface area (Å²) in [6.07, 6.45) is 4.98. The molecule has 0 unspecified atom stereocenters. The van der Waals surface area contributed by atoms with Crippen molar-refractivity contribution >= 4 is 0 Å². The van der Waals surface area contributed by atoms with Crippen molar-refractivity contribution in [2.24, 2.45) is 0 Å². The lowest BCUT2D eigenvalue weighted by molar-refractivity contribution is 0.301. The molecule has 2 aromatic rings. The molecule has 0 saturated heterocycles. The van der Waals surface area contributed by atoms with Gasteiger partial charge in [-0.25, -0.2) is 0 Å². The van der Waals surface area contributed by atoms with Gasteiger partial charge in [0.2, 0.25) is 0 Å². The van der Waals surface area contributed by atoms with Crippen LogP contribution in [-0.2, 0) is 19.4 Å². The molecule has 3 rings (SSSR count). The third-order valence-corrected chi connectivity index (χ3v) is 3.59. The van der Waals surface area contributed by atoms with Crippen LogP contribution in [0.5, 0.6) is 5.75 Å². The smallest absolute Gasteiger partial charge is 0.123 e. The van der Waals surface area contributed by atoms with E-state index >= 15 is 0 Å². The molecule has 0 atom stereocenters. The van der Waals surface area contributed by atoms with E-state index in [1.807, 2.05) is 6.07 Å². The van der Waals surface area contributed by atoms with Gasteiger partial charge in [-0.1, -0.05) is 42.5 Å². The molecular formula is C17H18O. The summed E-state index contributed by atoms with van der Waals surface area (Å²) in [4.78, 5) is 0. The highest BCUT2D eigenvalue weighted by molar-refractivity contribution is 5.41. The quantitative estimate of drug-likeness (QED) is 0.780. The summed E-state index contributed by atoms with van der Waals surface area (Å²) in [6.45, 7) is 0.664. The molecule has 1 nitrogen and oxygen atoms in total. The zero-order chi connectivity index (χ0) is 12.2. The Morgan fingerprint density at radius 3 is 2.56 bits per heavy atom. The first kappa shape index (κ1) is 11.3. The minimum atomic E-state index is 0.664. The SMILES string of the molecule is c1ccc(COc2cccc3c2CCCC3)cc1. The molecule has 0 saturated carbocycles. The Labute approximate surface area is 108 Å². The number of fused-ring (bicyclic) bond motifs is 1. The normalized spacial score (nSPS) is 14.0. The fraction of sp³-hybridized carbons (Fsp3) is 0.294. The van der Waals surface area contributed by atoms with Gasteiger partial charge in [0.05, 0.1) is 0 Å². The van der Waals surface area contributed by atoms with E-state index in [1.165, 1.54) is 42.4 Å². The van der Waals surface area contributed by atoms with E-state index in [0.717, 1.165) is 5.75 Å². The first-order valence-corrected chi connectivity index (χ1v) is 6.71. The lowest BCUT2D eigenvalue weighted by Gasteiger charge is -2.19. The zero-order valence-electron chi connectivity index (χ0n) is 10.6. The molecule has 0 radical (unpaired) electrons. The Kier molecular flexibility index (Phi) is 3.31. The summed E-state index contributed by atoms with van der Waals surface area (Å²) in [5.74, 6) is 1.08. The van der Waals surface area contributed by atoms with Gasteiger partial charge >= 0.3 is 0 Å². The van der Waals surface area contributed by atoms with Gasteiger partial charge in [0, 0.05) is 0 Å². The maximum absolute atomic E-state index is 5.99. The van der Waals surface area contributed by atoms with Crippen LogP contribution in [0.15, 0.2) is 48.5 Å². The highest BCUT2D eigenvalue weighted by atomic mass is 16.5. The molecule has 18 heavy (non-hydrogen) atoms. The van der Waals surface area contributed by atoms with E-state index in [0.29, 0.717) is 6.61 Å². The topological polar surface area (TPSA) is 9.23 Å². The van der Waals surface area contributed by atoms with Crippen LogP contribution in [0.4, 0.5) is 0 Å². The van der Waals surface area contributed by atoms with Crippen molar-refractivity contribution in [3.63, 3.8) is 0 Å². The van der Waals surface area contributed by atoms with Crippen molar-refractivity contribution in [3.05, 3.63) is 65.2 Å². The fourth-order valence-electron chi connectivity index (χ4n) is 2.62. The Bertz CT molecular complexity index is 516. The van der Waals surface area contributed by atoms with E-state index in [1.54, 1.807) is 0 Å². The number of benzene rings is 2. The number of hydrogen-bond acceptors (Lipinski definition) is 1. The first-order chi connectivity index (χ1) is 8.93. The molecule has 0 amide bonds. The van der Waals surface area contributed by atoms with Gasteiger partial charge in [0.25, 0.3) is 0 Å². The fourth-order valence-corrected chi connectivity index (χ4v) is 2.62. The number of hydrogen-bond donors (Lipinski definition) is 0. The van der Waals surface area contributed by atoms with Crippen LogP contribution in [0.3, 0.4) is 0 Å². The molecule has 0 heterocycles. The summed E-state index contributed by atoms with van der Waals surface area (Å²) < 4.78 is 5.99. The average Bonchev–Trinajstić information content (AvgIpc) is 2.46. The lowest BCUT2D eigenvalue weighted by atomic mass is 9.91. The molecule has 0 bridgehead atoms. The third-order valence-electron chi connectivity index (χ3n) is 3.59. The van der Waals surface area contributed by atoms with Gasteiger partial charge in [-0.05, 0) is 48.4 Å². The number of rotatable bonds is 3. The number of aryl methyl sites for hydroxylation is 1. The maximum atomic E-state index is 5.99. The summed E-state index contributed by atoms with van der Waals surface area (Å²) in [5, 5.41) is 0. The van der Waals surface area contributed by atoms with Crippen LogP contribution in [-0.4, -0.2) is 0 Å². The standard InChI is InChI=1S/C17H18O/c1-2-7-14(8-3-1)13-18-17-12-6-10-15-9-4-5-11-16(15)17/h1-3,6-8,10,12H,4-5,9,11,13H2. The van der Waals surface area contributed by atoms with Gasteiger partial charge in [0.1, 0.15) is 12.4 Å². The molecule has 0 spiro atoms. The predicted molar refractivity (Wildman–Crippen MR) is 73.9 cm³/mol. The van der Waals surface area contributed by atoms with Crippen LogP contribution in [0.25, 0.3) is 0 Å². The Morgan fingerprint density at radius 2 is 1.67 bits per heavy atom. The molecule has 0 fully saturated rings. The van der Waals surface area contributed by atoms with Crippen molar-refractivity contribution in [1.82, 2.24) is 0 Å². The molecule has 1 aliphatic rings. The maximum Gasteiger partial charge on any atom is 0.123 e. The minimum absolute atomic E-state index is 0.664. The largest absolute Gasteiger partial charge is 0.489 e. The van der Waals surface area contributed by atoms with E-state index in [2.05, 4.69) is 42.5 Å². The van der Waals surface area contributed by atoms with Crippen molar-refractivity contribution in [2.45, 2.75) is 32.3 Å². The monoisotopic (exact) mass is 238 g/mol. The van der Waals surface area contributed by atoms with Gasteiger partial charge in [-0.2, -0.15) is 0 Å². The molecule has 1 aliphatic carbocycles. The minimum Gasteiger partial charge on any atom is -0.489 e. The Hall–Kier alpha value is -1.76. The third kappa shape index (κ3) is 2.40. The molecule has 0 N–H and O–H groups in total. The lowest BCUT2D eigenvalue weighted by Crippen LogP contribution is -2.06. The summed E-state index contributed by atoms with van der Waals surface area (Å²) in [5.41, 5.74) is 4.14. The Morgan fingerprint density at radius 1 is 0.833 bits per heavy atom. The van der Waals surface area contributed by atoms with Crippen LogP contribution in [0.2, 0.25) is 0 Å². The molecule has 1 heteroatoms. The highest BCUT2D eigenvalue weighted by Crippen LogP contribution is 2.29. The molecule has 92 valence electrons. The van der Waals surface area contributed by atoms with Gasteiger partial charge < -0.3 is 4.74 Å². The second kappa shape index (κ2) is 5.26. The van der Waals surface area contributed by atoms with Crippen LogP contribution >= 0.6 is 0 Å². The van der Waals surface area contributed by atoms with Crippen molar-refractivity contribution in [3.8, 4) is 5.75 Å². The van der Waals surface area contributed by atoms with Gasteiger partial charge in [-0.3, -0.25) is 0 Å². The second-order valence-corrected chi connectivity index (χ2v) is 4.88. The zero-order valence-corrected chi connectivity index (χ0v) is 10.6. The summed E-state index contributed by atoms with van der Waals surface area (Å²) >= 11 is 0. The van der Waals surface area contributed by atoms with Crippen LogP contribution in [0.1, 0.15) is 29.5 Å². The van der Waals surface area contributed by atoms with Crippen molar-refractivity contribution in [2.75, 3.05) is 0 Å². The van der Waals surface area contributed by atoms with Crippen molar-refractivity contribution < 1.29 is 4.74 Å². The van der Waals surface area contributed by atoms with E-state index < -0.39 is 0 Å². The predicted octanol–water partition coefficient (Wildman–Crippen LogP) is 4.14. The van der Waals surface area contributed by atoms with E-state index in [4.69, 9.17) is 4.74 Å². The molecular weight excluding hydrogens is 220 g/mol. The van der Waals surface area contributed by atoms with Gasteiger partial charge in [0.15, 0.2) is 0 Å².